The van der Waals surface area contributed by atoms with Crippen LogP contribution in [0.3, 0.4) is 0 Å². The molecule has 0 atom stereocenters. The molecule has 3 nitrogen and oxygen atoms in total. The van der Waals surface area contributed by atoms with Crippen LogP contribution < -0.4 is 0 Å². The summed E-state index contributed by atoms with van der Waals surface area (Å²) in [4.78, 5) is 11.6. The summed E-state index contributed by atoms with van der Waals surface area (Å²) in [6.07, 6.45) is 8.21. The molecule has 2 rings (SSSR count). The molecule has 1 aromatic heterocycles. The van der Waals surface area contributed by atoms with Crippen LogP contribution in [0.5, 0.6) is 0 Å². The number of methoxy groups -OCH3 is 1. The number of rotatable bonds is 2. The summed E-state index contributed by atoms with van der Waals surface area (Å²) in [7, 11) is 1.40. The van der Waals surface area contributed by atoms with Gasteiger partial charge in [-0.2, -0.15) is 0 Å². The molecule has 0 amide bonds. The Morgan fingerprint density at radius 2 is 2.25 bits per heavy atom. The molecule has 1 heterocycles. The number of ether oxygens (including phenoxy) is 1. The molecule has 0 fully saturated rings. The minimum atomic E-state index is -0.312. The first-order chi connectivity index (χ1) is 7.74. The van der Waals surface area contributed by atoms with Crippen molar-refractivity contribution < 1.29 is 13.9 Å². The lowest BCUT2D eigenvalue weighted by Gasteiger charge is -2.11. The molecule has 0 N–H and O–H groups in total. The van der Waals surface area contributed by atoms with E-state index in [-0.39, 0.29) is 5.97 Å². The van der Waals surface area contributed by atoms with Crippen molar-refractivity contribution in [2.24, 2.45) is 0 Å². The highest BCUT2D eigenvalue weighted by molar-refractivity contribution is 5.95. The van der Waals surface area contributed by atoms with Crippen molar-refractivity contribution in [2.75, 3.05) is 7.11 Å². The van der Waals surface area contributed by atoms with Gasteiger partial charge in [-0.1, -0.05) is 6.08 Å². The molecule has 1 aliphatic carbocycles. The van der Waals surface area contributed by atoms with E-state index in [2.05, 4.69) is 6.08 Å². The van der Waals surface area contributed by atoms with Gasteiger partial charge in [0.25, 0.3) is 0 Å². The summed E-state index contributed by atoms with van der Waals surface area (Å²) in [5.74, 6) is 0.386. The highest BCUT2D eigenvalue weighted by Gasteiger charge is 2.22. The second-order valence-corrected chi connectivity index (χ2v) is 4.09. The molecule has 16 heavy (non-hydrogen) atoms. The third-order valence-electron chi connectivity index (χ3n) is 2.95. The van der Waals surface area contributed by atoms with Crippen molar-refractivity contribution in [2.45, 2.75) is 32.6 Å². The summed E-state index contributed by atoms with van der Waals surface area (Å²) in [5.41, 5.74) is 2.56. The van der Waals surface area contributed by atoms with Crippen LogP contribution in [0.2, 0.25) is 0 Å². The van der Waals surface area contributed by atoms with Gasteiger partial charge in [-0.05, 0) is 38.2 Å². The Kier molecular flexibility index (Phi) is 3.13. The van der Waals surface area contributed by atoms with Crippen molar-refractivity contribution in [3.8, 4) is 0 Å². The van der Waals surface area contributed by atoms with Gasteiger partial charge in [0.15, 0.2) is 0 Å². The minimum absolute atomic E-state index is 0.312. The number of carbonyl (C=O) groups excluding carboxylic acids is 1. The molecule has 0 saturated heterocycles. The quantitative estimate of drug-likeness (QED) is 0.717. The standard InChI is InChI=1S/C13H16O3/c1-9-8-16-12(11(9)13(14)15-2)10-6-4-3-5-7-10/h6,8H,3-5,7H2,1-2H3. The number of allylic oxidation sites excluding steroid dienone is 2. The zero-order valence-electron chi connectivity index (χ0n) is 9.71. The third-order valence-corrected chi connectivity index (χ3v) is 2.95. The van der Waals surface area contributed by atoms with Gasteiger partial charge < -0.3 is 9.15 Å². The minimum Gasteiger partial charge on any atom is -0.465 e. The van der Waals surface area contributed by atoms with Crippen molar-refractivity contribution in [3.63, 3.8) is 0 Å². The number of hydrogen-bond donors (Lipinski definition) is 0. The van der Waals surface area contributed by atoms with Gasteiger partial charge in [-0.25, -0.2) is 4.79 Å². The lowest BCUT2D eigenvalue weighted by atomic mass is 9.95. The summed E-state index contributed by atoms with van der Waals surface area (Å²) < 4.78 is 10.3. The van der Waals surface area contributed by atoms with E-state index in [0.29, 0.717) is 11.3 Å². The van der Waals surface area contributed by atoms with Crippen LogP contribution >= 0.6 is 0 Å². The molecule has 0 radical (unpaired) electrons. The lowest BCUT2D eigenvalue weighted by molar-refractivity contribution is 0.0598. The van der Waals surface area contributed by atoms with Crippen LogP contribution in [0.15, 0.2) is 16.8 Å². The Bertz CT molecular complexity index is 426. The van der Waals surface area contributed by atoms with Crippen LogP contribution in [0.4, 0.5) is 0 Å². The van der Waals surface area contributed by atoms with E-state index in [4.69, 9.17) is 9.15 Å². The van der Waals surface area contributed by atoms with Crippen LogP contribution in [-0.2, 0) is 4.74 Å². The van der Waals surface area contributed by atoms with Gasteiger partial charge in [0.1, 0.15) is 11.3 Å². The highest BCUT2D eigenvalue weighted by Crippen LogP contribution is 2.31. The van der Waals surface area contributed by atoms with Gasteiger partial charge >= 0.3 is 5.97 Å². The van der Waals surface area contributed by atoms with Gasteiger partial charge in [0, 0.05) is 5.56 Å². The average molecular weight is 220 g/mol. The van der Waals surface area contributed by atoms with Crippen molar-refractivity contribution >= 4 is 11.5 Å². The molecule has 3 heteroatoms. The normalized spacial score (nSPS) is 15.8. The Morgan fingerprint density at radius 3 is 2.88 bits per heavy atom. The van der Waals surface area contributed by atoms with E-state index in [9.17, 15) is 4.79 Å². The van der Waals surface area contributed by atoms with Gasteiger partial charge in [0.05, 0.1) is 13.4 Å². The van der Waals surface area contributed by atoms with Gasteiger partial charge in [-0.3, -0.25) is 0 Å². The molecule has 1 aromatic rings. The highest BCUT2D eigenvalue weighted by atomic mass is 16.5. The predicted molar refractivity (Wildman–Crippen MR) is 61.2 cm³/mol. The predicted octanol–water partition coefficient (Wildman–Crippen LogP) is 3.33. The molecular formula is C13H16O3. The number of carbonyl (C=O) groups is 1. The summed E-state index contributed by atoms with van der Waals surface area (Å²) in [5, 5.41) is 0. The number of esters is 1. The smallest absolute Gasteiger partial charge is 0.342 e. The molecule has 0 bridgehead atoms. The van der Waals surface area contributed by atoms with Crippen molar-refractivity contribution in [1.29, 1.82) is 0 Å². The summed E-state index contributed by atoms with van der Waals surface area (Å²) >= 11 is 0. The number of aryl methyl sites for hydroxylation is 1. The number of furan rings is 1. The first-order valence-corrected chi connectivity index (χ1v) is 5.60. The maximum Gasteiger partial charge on any atom is 0.342 e. The first-order valence-electron chi connectivity index (χ1n) is 5.60. The van der Waals surface area contributed by atoms with E-state index >= 15 is 0 Å². The second kappa shape index (κ2) is 4.56. The zero-order chi connectivity index (χ0) is 11.5. The fourth-order valence-corrected chi connectivity index (χ4v) is 2.08. The Morgan fingerprint density at radius 1 is 1.44 bits per heavy atom. The summed E-state index contributed by atoms with van der Waals surface area (Å²) in [6.45, 7) is 1.86. The van der Waals surface area contributed by atoms with E-state index in [1.807, 2.05) is 6.92 Å². The van der Waals surface area contributed by atoms with E-state index in [1.165, 1.54) is 13.5 Å². The molecular weight excluding hydrogens is 204 g/mol. The van der Waals surface area contributed by atoms with Gasteiger partial charge in [0.2, 0.25) is 0 Å². The van der Waals surface area contributed by atoms with Crippen molar-refractivity contribution in [3.05, 3.63) is 29.2 Å². The van der Waals surface area contributed by atoms with Crippen molar-refractivity contribution in [1.82, 2.24) is 0 Å². The monoisotopic (exact) mass is 220 g/mol. The molecule has 1 aliphatic rings. The average Bonchev–Trinajstić information content (AvgIpc) is 2.71. The SMILES string of the molecule is COC(=O)c1c(C)coc1C1=CCCCC1. The zero-order valence-corrected chi connectivity index (χ0v) is 9.71. The van der Waals surface area contributed by atoms with Crippen LogP contribution in [0.1, 0.15) is 47.4 Å². The molecule has 0 aromatic carbocycles. The van der Waals surface area contributed by atoms with Gasteiger partial charge in [-0.15, -0.1) is 0 Å². The molecule has 0 saturated carbocycles. The molecule has 86 valence electrons. The maximum atomic E-state index is 11.6. The fourth-order valence-electron chi connectivity index (χ4n) is 2.08. The molecule has 0 spiro atoms. The Balaban J connectivity index is 2.41. The second-order valence-electron chi connectivity index (χ2n) is 4.09. The van der Waals surface area contributed by atoms with E-state index < -0.39 is 0 Å². The van der Waals surface area contributed by atoms with Crippen LogP contribution in [0, 0.1) is 6.92 Å². The molecule has 0 unspecified atom stereocenters. The largest absolute Gasteiger partial charge is 0.465 e. The van der Waals surface area contributed by atoms with E-state index in [0.717, 1.165) is 30.4 Å². The van der Waals surface area contributed by atoms with Crippen LogP contribution in [-0.4, -0.2) is 13.1 Å². The number of hydrogen-bond acceptors (Lipinski definition) is 3. The van der Waals surface area contributed by atoms with E-state index in [1.54, 1.807) is 6.26 Å². The Hall–Kier alpha value is -1.51. The summed E-state index contributed by atoms with van der Waals surface area (Å²) in [6, 6.07) is 0. The first kappa shape index (κ1) is 11.0. The lowest BCUT2D eigenvalue weighted by Crippen LogP contribution is -2.05. The molecule has 0 aliphatic heterocycles. The Labute approximate surface area is 95.1 Å². The fraction of sp³-hybridized carbons (Fsp3) is 0.462. The maximum absolute atomic E-state index is 11.6. The topological polar surface area (TPSA) is 39.4 Å². The third kappa shape index (κ3) is 1.90. The van der Waals surface area contributed by atoms with Crippen LogP contribution in [0.25, 0.3) is 5.57 Å².